The van der Waals surface area contributed by atoms with Gasteiger partial charge in [-0.1, -0.05) is 0 Å². The average Bonchev–Trinajstić information content (AvgIpc) is 3.70. The van der Waals surface area contributed by atoms with Crippen LogP contribution in [0.5, 0.6) is 0 Å². The molecule has 232 valence electrons. The summed E-state index contributed by atoms with van der Waals surface area (Å²) in [4.78, 5) is 55.7. The van der Waals surface area contributed by atoms with Gasteiger partial charge >= 0.3 is 0 Å². The van der Waals surface area contributed by atoms with Gasteiger partial charge in [-0.2, -0.15) is 5.10 Å². The number of imide groups is 2. The van der Waals surface area contributed by atoms with Crippen molar-refractivity contribution in [2.75, 3.05) is 17.2 Å². The number of nitrogens with one attached hydrogen (secondary N) is 4. The van der Waals surface area contributed by atoms with Crippen molar-refractivity contribution in [1.29, 1.82) is 5.41 Å². The fourth-order valence-corrected chi connectivity index (χ4v) is 6.54. The first-order valence-corrected chi connectivity index (χ1v) is 15.7. The van der Waals surface area contributed by atoms with Crippen molar-refractivity contribution in [2.24, 2.45) is 5.92 Å². The van der Waals surface area contributed by atoms with E-state index in [4.69, 9.17) is 10.5 Å². The van der Waals surface area contributed by atoms with Crippen LogP contribution >= 0.6 is 0 Å². The number of anilines is 2. The zero-order chi connectivity index (χ0) is 31.4. The van der Waals surface area contributed by atoms with E-state index in [1.54, 1.807) is 24.4 Å². The van der Waals surface area contributed by atoms with Crippen LogP contribution in [0.2, 0.25) is 0 Å². The zero-order valence-corrected chi connectivity index (χ0v) is 25.3. The molecule has 2 aromatic heterocycles. The van der Waals surface area contributed by atoms with E-state index in [9.17, 15) is 19.2 Å². The largest absolute Gasteiger partial charge is 0.385 e. The molecule has 45 heavy (non-hydrogen) atoms. The molecule has 4 aliphatic rings. The summed E-state index contributed by atoms with van der Waals surface area (Å²) in [7, 11) is 0. The number of hydrogen-bond acceptors (Lipinski definition) is 9. The minimum Gasteiger partial charge on any atom is -0.385 e. The van der Waals surface area contributed by atoms with E-state index >= 15 is 0 Å². The monoisotopic (exact) mass is 608 g/mol. The van der Waals surface area contributed by atoms with Crippen molar-refractivity contribution >= 4 is 41.2 Å². The lowest BCUT2D eigenvalue weighted by Crippen LogP contribution is -2.54. The predicted molar refractivity (Wildman–Crippen MR) is 167 cm³/mol. The molecule has 2 saturated carbocycles. The van der Waals surface area contributed by atoms with E-state index in [0.717, 1.165) is 71.0 Å². The quantitative estimate of drug-likeness (QED) is 0.198. The van der Waals surface area contributed by atoms with Crippen LogP contribution in [0, 0.1) is 11.3 Å². The zero-order valence-electron chi connectivity index (χ0n) is 25.3. The van der Waals surface area contributed by atoms with Crippen molar-refractivity contribution in [3.8, 4) is 11.3 Å². The number of piperidine rings is 1. The molecule has 3 aromatic rings. The Morgan fingerprint density at radius 2 is 1.82 bits per heavy atom. The summed E-state index contributed by atoms with van der Waals surface area (Å²) < 4.78 is 2.10. The molecule has 1 saturated heterocycles. The first-order chi connectivity index (χ1) is 21.7. The van der Waals surface area contributed by atoms with Gasteiger partial charge in [0.05, 0.1) is 28.6 Å². The first kappa shape index (κ1) is 28.9. The van der Waals surface area contributed by atoms with Crippen molar-refractivity contribution in [3.05, 3.63) is 59.0 Å². The predicted octanol–water partition coefficient (Wildman–Crippen LogP) is 4.10. The third-order valence-electron chi connectivity index (χ3n) is 9.15. The lowest BCUT2D eigenvalue weighted by molar-refractivity contribution is -0.136. The van der Waals surface area contributed by atoms with Gasteiger partial charge in [-0.15, -0.1) is 0 Å². The summed E-state index contributed by atoms with van der Waals surface area (Å²) in [6.07, 6.45) is 9.63. The standard InChI is InChI=1S/C33H36N8O4/c1-17(2)37-26-12-27(36-15-20(26)13-34)25-16-40(39-30(25)19-3-4-19)22-9-18(10-22)14-35-21-5-6-23-24(11-21)33(45)41(32(23)44)28-7-8-29(42)38-31(28)43/h5-6,11-13,15-19,22,28,34-35H,3-4,7-10,14H2,1-2H3,(H,36,37)(H,38,42,43). The Morgan fingerprint density at radius 3 is 2.53 bits per heavy atom. The van der Waals surface area contributed by atoms with Crippen LogP contribution in [0.1, 0.15) is 96.3 Å². The number of benzene rings is 1. The second-order valence-electron chi connectivity index (χ2n) is 12.9. The number of aromatic nitrogens is 3. The SMILES string of the molecule is CC(C)Nc1cc(-c2cn(C3CC(CNc4ccc5c(c4)C(=O)N(C4CCC(=O)NC4=O)C5=O)C3)nc2C2CC2)ncc1C=N. The lowest BCUT2D eigenvalue weighted by Gasteiger charge is -2.35. The molecule has 12 heteroatoms. The van der Waals surface area contributed by atoms with Crippen molar-refractivity contribution < 1.29 is 19.2 Å². The average molecular weight is 609 g/mol. The topological polar surface area (TPSA) is 162 Å². The molecule has 3 fully saturated rings. The molecule has 7 rings (SSSR count). The normalized spacial score (nSPS) is 22.7. The summed E-state index contributed by atoms with van der Waals surface area (Å²) in [6, 6.07) is 6.67. The van der Waals surface area contributed by atoms with Gasteiger partial charge in [0.25, 0.3) is 11.8 Å². The van der Waals surface area contributed by atoms with Gasteiger partial charge in [-0.05, 0) is 76.1 Å². The van der Waals surface area contributed by atoms with Crippen LogP contribution in [0.25, 0.3) is 11.3 Å². The molecule has 2 aliphatic carbocycles. The van der Waals surface area contributed by atoms with Crippen molar-refractivity contribution in [2.45, 2.75) is 76.4 Å². The molecule has 4 amide bonds. The fourth-order valence-electron chi connectivity index (χ4n) is 6.54. The van der Waals surface area contributed by atoms with Crippen LogP contribution in [-0.2, 0) is 9.59 Å². The van der Waals surface area contributed by atoms with Gasteiger partial charge < -0.3 is 16.0 Å². The summed E-state index contributed by atoms with van der Waals surface area (Å²) in [6.45, 7) is 4.87. The maximum Gasteiger partial charge on any atom is 0.262 e. The molecule has 1 atom stereocenters. The van der Waals surface area contributed by atoms with Gasteiger partial charge in [-0.3, -0.25) is 39.1 Å². The molecule has 4 heterocycles. The molecule has 1 aromatic carbocycles. The highest BCUT2D eigenvalue weighted by Gasteiger charge is 2.44. The molecule has 0 bridgehead atoms. The molecular weight excluding hydrogens is 572 g/mol. The summed E-state index contributed by atoms with van der Waals surface area (Å²) in [5, 5.41) is 21.9. The van der Waals surface area contributed by atoms with Crippen molar-refractivity contribution in [1.82, 2.24) is 25.0 Å². The van der Waals surface area contributed by atoms with Crippen molar-refractivity contribution in [3.63, 3.8) is 0 Å². The van der Waals surface area contributed by atoms with Gasteiger partial charge in [0.15, 0.2) is 0 Å². The van der Waals surface area contributed by atoms with E-state index in [2.05, 4.69) is 45.7 Å². The van der Waals surface area contributed by atoms with Gasteiger partial charge in [0.2, 0.25) is 11.8 Å². The summed E-state index contributed by atoms with van der Waals surface area (Å²) in [5.74, 6) is -1.14. The van der Waals surface area contributed by atoms with E-state index in [-0.39, 0.29) is 30.0 Å². The number of carbonyl (C=O) groups is 4. The lowest BCUT2D eigenvalue weighted by atomic mass is 9.80. The number of fused-ring (bicyclic) bond motifs is 1. The molecule has 12 nitrogen and oxygen atoms in total. The number of pyridine rings is 1. The second-order valence-corrected chi connectivity index (χ2v) is 12.9. The highest BCUT2D eigenvalue weighted by atomic mass is 16.2. The third-order valence-corrected chi connectivity index (χ3v) is 9.15. The molecule has 0 spiro atoms. The minimum absolute atomic E-state index is 0.0903. The highest BCUT2D eigenvalue weighted by Crippen LogP contribution is 2.46. The van der Waals surface area contributed by atoms with Crippen LogP contribution in [0.4, 0.5) is 11.4 Å². The number of hydrogen-bond donors (Lipinski definition) is 4. The van der Waals surface area contributed by atoms with Crippen LogP contribution in [-0.4, -0.2) is 68.1 Å². The Bertz CT molecular complexity index is 1740. The van der Waals surface area contributed by atoms with Crippen LogP contribution in [0.15, 0.2) is 36.7 Å². The molecule has 1 unspecified atom stereocenters. The summed E-state index contributed by atoms with van der Waals surface area (Å²) in [5.41, 5.74) is 5.97. The first-order valence-electron chi connectivity index (χ1n) is 15.7. The number of rotatable bonds is 10. The Balaban J connectivity index is 0.998. The highest BCUT2D eigenvalue weighted by molar-refractivity contribution is 6.23. The Hall–Kier alpha value is -4.87. The van der Waals surface area contributed by atoms with E-state index < -0.39 is 29.7 Å². The molecular formula is C33H36N8O4. The third kappa shape index (κ3) is 5.38. The minimum atomic E-state index is -0.975. The number of amides is 4. The maximum atomic E-state index is 13.2. The molecule has 4 N–H and O–H groups in total. The molecule has 2 aliphatic heterocycles. The smallest absolute Gasteiger partial charge is 0.262 e. The van der Waals surface area contributed by atoms with Gasteiger partial charge in [0.1, 0.15) is 6.04 Å². The Morgan fingerprint density at radius 1 is 1.04 bits per heavy atom. The van der Waals surface area contributed by atoms with Gasteiger partial charge in [-0.25, -0.2) is 0 Å². The van der Waals surface area contributed by atoms with E-state index in [1.165, 1.54) is 6.21 Å². The van der Waals surface area contributed by atoms with Gasteiger partial charge in [0, 0.05) is 66.0 Å². The number of nitrogens with zero attached hydrogens (tertiary/aromatic N) is 4. The number of carbonyl (C=O) groups excluding carboxylic acids is 4. The fraction of sp³-hybridized carbons (Fsp3) is 0.424. The second kappa shape index (κ2) is 11.2. The summed E-state index contributed by atoms with van der Waals surface area (Å²) >= 11 is 0. The molecule has 0 radical (unpaired) electrons. The van der Waals surface area contributed by atoms with Crippen LogP contribution < -0.4 is 16.0 Å². The van der Waals surface area contributed by atoms with E-state index in [0.29, 0.717) is 17.9 Å². The van der Waals surface area contributed by atoms with E-state index in [1.807, 2.05) is 6.07 Å². The van der Waals surface area contributed by atoms with Crippen LogP contribution in [0.3, 0.4) is 0 Å². The Labute approximate surface area is 260 Å². The Kier molecular flexibility index (Phi) is 7.22. The maximum absolute atomic E-state index is 13.2.